The molecule has 2 aliphatic rings. The lowest BCUT2D eigenvalue weighted by Gasteiger charge is -2.22. The molecule has 0 bridgehead atoms. The second-order valence-corrected chi connectivity index (χ2v) is 4.55. The summed E-state index contributed by atoms with van der Waals surface area (Å²) in [5.74, 6) is -0.103. The first-order valence-corrected chi connectivity index (χ1v) is 5.39. The van der Waals surface area contributed by atoms with Gasteiger partial charge in [-0.25, -0.2) is 4.39 Å². The van der Waals surface area contributed by atoms with Gasteiger partial charge in [0.25, 0.3) is 5.24 Å². The molecule has 0 saturated carbocycles. The first kappa shape index (κ1) is 9.92. The van der Waals surface area contributed by atoms with Crippen molar-refractivity contribution in [3.8, 4) is 0 Å². The molecule has 2 aliphatic heterocycles. The summed E-state index contributed by atoms with van der Waals surface area (Å²) < 4.78 is 13.4. The van der Waals surface area contributed by atoms with Crippen molar-refractivity contribution in [1.82, 2.24) is 9.80 Å². The number of rotatable bonds is 1. The van der Waals surface area contributed by atoms with Crippen LogP contribution in [0, 0.1) is 0 Å². The monoisotopic (exact) mass is 218 g/mol. The zero-order valence-corrected chi connectivity index (χ0v) is 8.59. The highest BCUT2D eigenvalue weighted by atomic mass is 32.2. The third kappa shape index (κ3) is 1.52. The van der Waals surface area contributed by atoms with E-state index in [1.54, 1.807) is 11.9 Å². The van der Waals surface area contributed by atoms with E-state index in [4.69, 9.17) is 0 Å². The maximum atomic E-state index is 13.4. The second-order valence-electron chi connectivity index (χ2n) is 3.62. The van der Waals surface area contributed by atoms with Crippen molar-refractivity contribution >= 4 is 22.9 Å². The topological polar surface area (TPSA) is 40.6 Å². The highest BCUT2D eigenvalue weighted by Crippen LogP contribution is 2.27. The molecule has 0 aromatic carbocycles. The fourth-order valence-corrected chi connectivity index (χ4v) is 2.62. The van der Waals surface area contributed by atoms with Crippen LogP contribution in [0.15, 0.2) is 0 Å². The van der Waals surface area contributed by atoms with Gasteiger partial charge in [0.15, 0.2) is 0 Å². The number of hydrogen-bond donors (Lipinski definition) is 0. The quantitative estimate of drug-likeness (QED) is 0.636. The molecule has 2 fully saturated rings. The van der Waals surface area contributed by atoms with Crippen LogP contribution >= 0.6 is 11.8 Å². The SMILES string of the molecule is CN1C[C@H](F)[C@@H](N2C(=O)CSC2=O)C1. The Kier molecular flexibility index (Phi) is 2.48. The van der Waals surface area contributed by atoms with E-state index < -0.39 is 12.2 Å². The van der Waals surface area contributed by atoms with E-state index in [1.165, 1.54) is 0 Å². The molecule has 2 amide bonds. The Morgan fingerprint density at radius 2 is 2.14 bits per heavy atom. The van der Waals surface area contributed by atoms with E-state index in [2.05, 4.69) is 0 Å². The van der Waals surface area contributed by atoms with Gasteiger partial charge in [0.2, 0.25) is 5.91 Å². The zero-order chi connectivity index (χ0) is 10.3. The summed E-state index contributed by atoms with van der Waals surface area (Å²) in [6.45, 7) is 0.742. The van der Waals surface area contributed by atoms with Crippen molar-refractivity contribution < 1.29 is 14.0 Å². The van der Waals surface area contributed by atoms with Gasteiger partial charge in [-0.05, 0) is 7.05 Å². The molecule has 0 spiro atoms. The van der Waals surface area contributed by atoms with E-state index >= 15 is 0 Å². The maximum Gasteiger partial charge on any atom is 0.289 e. The fraction of sp³-hybridized carbons (Fsp3) is 0.750. The minimum absolute atomic E-state index is 0.158. The van der Waals surface area contributed by atoms with Crippen molar-refractivity contribution in [3.05, 3.63) is 0 Å². The van der Waals surface area contributed by atoms with Crippen LogP contribution in [0.3, 0.4) is 0 Å². The first-order valence-electron chi connectivity index (χ1n) is 4.41. The molecule has 0 N–H and O–H groups in total. The number of nitrogens with zero attached hydrogens (tertiary/aromatic N) is 2. The average Bonchev–Trinajstić information content (AvgIpc) is 2.57. The molecule has 4 nitrogen and oxygen atoms in total. The number of imide groups is 1. The van der Waals surface area contributed by atoms with Crippen LogP contribution in [0.4, 0.5) is 9.18 Å². The molecule has 0 aromatic rings. The second kappa shape index (κ2) is 3.51. The highest BCUT2D eigenvalue weighted by molar-refractivity contribution is 8.14. The number of likely N-dealkylation sites (N-methyl/N-ethyl adjacent to an activating group) is 1. The number of carbonyl (C=O) groups is 2. The number of thioether (sulfide) groups is 1. The predicted octanol–water partition coefficient (Wildman–Crippen LogP) is 0.334. The zero-order valence-electron chi connectivity index (χ0n) is 7.77. The number of likely N-dealkylation sites (tertiary alicyclic amines) is 1. The largest absolute Gasteiger partial charge is 0.301 e. The minimum Gasteiger partial charge on any atom is -0.301 e. The number of halogens is 1. The van der Waals surface area contributed by atoms with E-state index in [0.717, 1.165) is 16.7 Å². The van der Waals surface area contributed by atoms with Crippen molar-refractivity contribution in [1.29, 1.82) is 0 Å². The summed E-state index contributed by atoms with van der Waals surface area (Å²) >= 11 is 0.956. The molecule has 0 aliphatic carbocycles. The number of amides is 2. The summed E-state index contributed by atoms with van der Waals surface area (Å²) in [6, 6.07) is -0.574. The molecule has 2 atom stereocenters. The van der Waals surface area contributed by atoms with Crippen molar-refractivity contribution in [3.63, 3.8) is 0 Å². The number of hydrogen-bond acceptors (Lipinski definition) is 4. The Hall–Kier alpha value is -0.620. The number of carbonyl (C=O) groups excluding carboxylic acids is 2. The molecule has 14 heavy (non-hydrogen) atoms. The molecule has 78 valence electrons. The van der Waals surface area contributed by atoms with Gasteiger partial charge in [-0.15, -0.1) is 0 Å². The third-order valence-electron chi connectivity index (χ3n) is 2.52. The van der Waals surface area contributed by atoms with E-state index in [0.29, 0.717) is 13.1 Å². The summed E-state index contributed by atoms with van der Waals surface area (Å²) in [4.78, 5) is 25.5. The normalized spacial score (nSPS) is 34.6. The first-order chi connectivity index (χ1) is 6.59. The average molecular weight is 218 g/mol. The Bertz CT molecular complexity index is 271. The van der Waals surface area contributed by atoms with Crippen LogP contribution in [0.5, 0.6) is 0 Å². The Morgan fingerprint density at radius 3 is 2.57 bits per heavy atom. The summed E-state index contributed by atoms with van der Waals surface area (Å²) in [6.07, 6.45) is -1.11. The van der Waals surface area contributed by atoms with Crippen LogP contribution in [0.1, 0.15) is 0 Å². The summed E-state index contributed by atoms with van der Waals surface area (Å²) in [5, 5.41) is -0.307. The van der Waals surface area contributed by atoms with Gasteiger partial charge in [0.05, 0.1) is 11.8 Å². The maximum absolute atomic E-state index is 13.4. The molecule has 6 heteroatoms. The van der Waals surface area contributed by atoms with Gasteiger partial charge in [-0.1, -0.05) is 11.8 Å². The molecule has 0 unspecified atom stereocenters. The molecular weight excluding hydrogens is 207 g/mol. The predicted molar refractivity (Wildman–Crippen MR) is 50.9 cm³/mol. The molecular formula is C8H11FN2O2S. The van der Waals surface area contributed by atoms with Gasteiger partial charge in [-0.3, -0.25) is 14.5 Å². The lowest BCUT2D eigenvalue weighted by atomic mass is 10.2. The van der Waals surface area contributed by atoms with E-state index in [-0.39, 0.29) is 16.9 Å². The summed E-state index contributed by atoms with van der Waals surface area (Å²) in [5.41, 5.74) is 0. The van der Waals surface area contributed by atoms with Gasteiger partial charge in [-0.2, -0.15) is 0 Å². The van der Waals surface area contributed by atoms with Gasteiger partial charge >= 0.3 is 0 Å². The van der Waals surface area contributed by atoms with Gasteiger partial charge in [0.1, 0.15) is 6.17 Å². The Balaban J connectivity index is 2.14. The van der Waals surface area contributed by atoms with Crippen molar-refractivity contribution in [2.75, 3.05) is 25.9 Å². The van der Waals surface area contributed by atoms with Crippen LogP contribution in [-0.4, -0.2) is 59.0 Å². The van der Waals surface area contributed by atoms with Crippen LogP contribution in [-0.2, 0) is 4.79 Å². The molecule has 2 saturated heterocycles. The van der Waals surface area contributed by atoms with E-state index in [9.17, 15) is 14.0 Å². The lowest BCUT2D eigenvalue weighted by molar-refractivity contribution is -0.126. The standard InChI is InChI=1S/C8H11FN2O2S/c1-10-2-5(9)6(3-10)11-7(12)4-14-8(11)13/h5-6H,2-4H2,1H3/t5-,6-/m0/s1. The molecule has 2 rings (SSSR count). The van der Waals surface area contributed by atoms with Gasteiger partial charge in [0, 0.05) is 13.1 Å². The van der Waals surface area contributed by atoms with Crippen LogP contribution in [0.2, 0.25) is 0 Å². The highest BCUT2D eigenvalue weighted by Gasteiger charge is 2.43. The Morgan fingerprint density at radius 1 is 1.43 bits per heavy atom. The molecule has 0 radical (unpaired) electrons. The van der Waals surface area contributed by atoms with Crippen LogP contribution < -0.4 is 0 Å². The minimum atomic E-state index is -1.11. The van der Waals surface area contributed by atoms with Gasteiger partial charge < -0.3 is 4.90 Å². The van der Waals surface area contributed by atoms with Crippen molar-refractivity contribution in [2.24, 2.45) is 0 Å². The summed E-state index contributed by atoms with van der Waals surface area (Å²) in [7, 11) is 1.78. The Labute approximate surface area is 85.4 Å². The van der Waals surface area contributed by atoms with E-state index in [1.807, 2.05) is 0 Å². The van der Waals surface area contributed by atoms with Crippen LogP contribution in [0.25, 0.3) is 0 Å². The van der Waals surface area contributed by atoms with Crippen molar-refractivity contribution in [2.45, 2.75) is 12.2 Å². The smallest absolute Gasteiger partial charge is 0.289 e. The lowest BCUT2D eigenvalue weighted by Crippen LogP contribution is -2.44. The molecule has 0 aromatic heterocycles. The third-order valence-corrected chi connectivity index (χ3v) is 3.35. The molecule has 2 heterocycles. The number of alkyl halides is 1. The fourth-order valence-electron chi connectivity index (χ4n) is 1.86.